The lowest BCUT2D eigenvalue weighted by Crippen LogP contribution is -2.25. The monoisotopic (exact) mass is 590 g/mol. The SMILES string of the molecule is CN(C)C(=O)CCSC(SCCC(=O)O)c1cccc(COc2cccc(OCN3C#CCc4ccccc43)c2)c1. The standard InChI is InChI=1S/C32H34N2O5S2/c1-33(2)30(35)15-18-40-32(41-19-16-31(36)37)26-10-5-8-24(20-26)22-38-27-12-6-13-28(21-27)39-23-34-17-7-11-25-9-3-4-14-29(25)34/h3-6,8-10,12-14,20-21,32H,11,15-16,18-19,22-23H2,1-2H3,(H,36,37). The van der Waals surface area contributed by atoms with Crippen LogP contribution in [0.3, 0.4) is 0 Å². The van der Waals surface area contributed by atoms with E-state index in [-0.39, 0.29) is 16.9 Å². The summed E-state index contributed by atoms with van der Waals surface area (Å²) in [5.74, 6) is 4.96. The molecule has 0 saturated heterocycles. The number of hydrogen-bond donors (Lipinski definition) is 1. The Kier molecular flexibility index (Phi) is 11.3. The summed E-state index contributed by atoms with van der Waals surface area (Å²) in [5, 5.41) is 9.08. The summed E-state index contributed by atoms with van der Waals surface area (Å²) in [4.78, 5) is 26.6. The van der Waals surface area contributed by atoms with Crippen molar-refractivity contribution in [3.05, 3.63) is 89.5 Å². The van der Waals surface area contributed by atoms with Crippen molar-refractivity contribution in [2.45, 2.75) is 30.5 Å². The first-order valence-electron chi connectivity index (χ1n) is 13.3. The van der Waals surface area contributed by atoms with Crippen LogP contribution in [0, 0.1) is 12.0 Å². The van der Waals surface area contributed by atoms with Gasteiger partial charge < -0.3 is 19.5 Å². The van der Waals surface area contributed by atoms with Gasteiger partial charge in [-0.15, -0.1) is 23.5 Å². The van der Waals surface area contributed by atoms with Gasteiger partial charge in [0.1, 0.15) is 18.1 Å². The maximum absolute atomic E-state index is 12.0. The van der Waals surface area contributed by atoms with Crippen molar-refractivity contribution < 1.29 is 24.2 Å². The average molecular weight is 591 g/mol. The molecule has 3 aromatic rings. The molecule has 9 heteroatoms. The van der Waals surface area contributed by atoms with E-state index in [9.17, 15) is 9.59 Å². The van der Waals surface area contributed by atoms with Gasteiger partial charge in [-0.2, -0.15) is 0 Å². The Morgan fingerprint density at radius 2 is 1.68 bits per heavy atom. The smallest absolute Gasteiger partial charge is 0.304 e. The zero-order valence-corrected chi connectivity index (χ0v) is 24.9. The molecule has 0 spiro atoms. The van der Waals surface area contributed by atoms with Crippen LogP contribution in [0.4, 0.5) is 5.69 Å². The van der Waals surface area contributed by atoms with Gasteiger partial charge in [0, 0.05) is 50.6 Å². The number of carbonyl (C=O) groups excluding carboxylic acids is 1. The number of carboxylic acids is 1. The summed E-state index contributed by atoms with van der Waals surface area (Å²) in [6.45, 7) is 0.687. The highest BCUT2D eigenvalue weighted by Crippen LogP contribution is 2.40. The number of carbonyl (C=O) groups is 2. The number of ether oxygens (including phenoxy) is 2. The number of fused-ring (bicyclic) bond motifs is 1. The highest BCUT2D eigenvalue weighted by Gasteiger charge is 2.16. The van der Waals surface area contributed by atoms with Crippen LogP contribution in [-0.4, -0.2) is 54.2 Å². The van der Waals surface area contributed by atoms with Gasteiger partial charge in [0.15, 0.2) is 6.73 Å². The van der Waals surface area contributed by atoms with Crippen LogP contribution in [0.2, 0.25) is 0 Å². The summed E-state index contributed by atoms with van der Waals surface area (Å²) >= 11 is 3.25. The second-order valence-corrected chi connectivity index (χ2v) is 12.3. The van der Waals surface area contributed by atoms with Crippen molar-refractivity contribution in [3.63, 3.8) is 0 Å². The lowest BCUT2D eigenvalue weighted by molar-refractivity contribution is -0.136. The van der Waals surface area contributed by atoms with E-state index in [0.717, 1.165) is 23.2 Å². The maximum atomic E-state index is 12.0. The fourth-order valence-corrected chi connectivity index (χ4v) is 6.73. The minimum absolute atomic E-state index is 0.0176. The van der Waals surface area contributed by atoms with Crippen LogP contribution in [-0.2, 0) is 22.6 Å². The predicted octanol–water partition coefficient (Wildman–Crippen LogP) is 6.04. The summed E-state index contributed by atoms with van der Waals surface area (Å²) in [7, 11) is 3.50. The number of aliphatic carboxylic acids is 1. The summed E-state index contributed by atoms with van der Waals surface area (Å²) in [6.07, 6.45) is 1.27. The number of carboxylic acid groups (broad SMARTS) is 1. The first-order chi connectivity index (χ1) is 19.9. The van der Waals surface area contributed by atoms with E-state index < -0.39 is 5.97 Å². The molecule has 1 atom stereocenters. The molecule has 214 valence electrons. The number of rotatable bonds is 15. The summed E-state index contributed by atoms with van der Waals surface area (Å²) < 4.78 is 12.2. The number of nitrogens with zero attached hydrogens (tertiary/aromatic N) is 2. The Hall–Kier alpha value is -3.74. The number of anilines is 1. The fraction of sp³-hybridized carbons (Fsp3) is 0.312. The fourth-order valence-electron chi connectivity index (χ4n) is 4.08. The second kappa shape index (κ2) is 15.3. The van der Waals surface area contributed by atoms with Crippen molar-refractivity contribution in [3.8, 4) is 23.5 Å². The molecular formula is C32H34N2O5S2. The Morgan fingerprint density at radius 3 is 2.46 bits per heavy atom. The van der Waals surface area contributed by atoms with E-state index in [1.807, 2.05) is 59.5 Å². The lowest BCUT2D eigenvalue weighted by atomic mass is 10.1. The largest absolute Gasteiger partial charge is 0.489 e. The van der Waals surface area contributed by atoms with Gasteiger partial charge in [-0.1, -0.05) is 54.5 Å². The normalized spacial score (nSPS) is 12.5. The molecule has 1 unspecified atom stereocenters. The number of amides is 1. The van der Waals surface area contributed by atoms with Crippen LogP contribution in [0.15, 0.2) is 72.8 Å². The number of thioether (sulfide) groups is 2. The zero-order valence-electron chi connectivity index (χ0n) is 23.2. The minimum Gasteiger partial charge on any atom is -0.489 e. The Balaban J connectivity index is 1.35. The number of para-hydroxylation sites is 1. The van der Waals surface area contributed by atoms with E-state index in [2.05, 4.69) is 30.2 Å². The average Bonchev–Trinajstić information content (AvgIpc) is 2.98. The van der Waals surface area contributed by atoms with Gasteiger partial charge in [-0.3, -0.25) is 14.5 Å². The Labute approximate surface area is 250 Å². The van der Waals surface area contributed by atoms with Gasteiger partial charge in [-0.25, -0.2) is 0 Å². The van der Waals surface area contributed by atoms with Crippen LogP contribution in [0.1, 0.15) is 34.1 Å². The molecule has 3 aromatic carbocycles. The third-order valence-electron chi connectivity index (χ3n) is 6.24. The summed E-state index contributed by atoms with van der Waals surface area (Å²) in [6, 6.07) is 27.0. The molecule has 41 heavy (non-hydrogen) atoms. The first-order valence-corrected chi connectivity index (χ1v) is 15.4. The van der Waals surface area contributed by atoms with Crippen LogP contribution in [0.25, 0.3) is 0 Å². The number of benzene rings is 3. The van der Waals surface area contributed by atoms with Crippen molar-refractivity contribution >= 4 is 41.1 Å². The highest BCUT2D eigenvalue weighted by atomic mass is 32.2. The Morgan fingerprint density at radius 1 is 0.951 bits per heavy atom. The zero-order chi connectivity index (χ0) is 29.0. The molecule has 0 aromatic heterocycles. The molecule has 1 aliphatic rings. The van der Waals surface area contributed by atoms with Crippen molar-refractivity contribution in [2.75, 3.05) is 37.2 Å². The predicted molar refractivity (Wildman–Crippen MR) is 166 cm³/mol. The molecule has 0 aliphatic carbocycles. The molecule has 1 amide bonds. The topological polar surface area (TPSA) is 79.3 Å². The minimum atomic E-state index is -0.814. The van der Waals surface area contributed by atoms with E-state index >= 15 is 0 Å². The van der Waals surface area contributed by atoms with Crippen molar-refractivity contribution in [1.29, 1.82) is 0 Å². The molecule has 0 radical (unpaired) electrons. The molecule has 1 N–H and O–H groups in total. The molecule has 1 aliphatic heterocycles. The van der Waals surface area contributed by atoms with Crippen LogP contribution in [0.5, 0.6) is 11.5 Å². The van der Waals surface area contributed by atoms with E-state index in [1.54, 1.807) is 42.5 Å². The molecule has 7 nitrogen and oxygen atoms in total. The third kappa shape index (κ3) is 9.41. The van der Waals surface area contributed by atoms with Gasteiger partial charge in [0.05, 0.1) is 16.7 Å². The molecule has 4 rings (SSSR count). The van der Waals surface area contributed by atoms with E-state index in [4.69, 9.17) is 14.6 Å². The molecule has 1 heterocycles. The molecule has 0 saturated carbocycles. The van der Waals surface area contributed by atoms with Crippen LogP contribution < -0.4 is 14.4 Å². The van der Waals surface area contributed by atoms with Gasteiger partial charge in [0.2, 0.25) is 5.91 Å². The van der Waals surface area contributed by atoms with E-state index in [0.29, 0.717) is 42.8 Å². The molecule has 0 fully saturated rings. The van der Waals surface area contributed by atoms with Gasteiger partial charge >= 0.3 is 5.97 Å². The summed E-state index contributed by atoms with van der Waals surface area (Å²) in [5.41, 5.74) is 4.34. The van der Waals surface area contributed by atoms with Gasteiger partial charge in [-0.05, 0) is 34.9 Å². The van der Waals surface area contributed by atoms with Gasteiger partial charge in [0.25, 0.3) is 0 Å². The number of hydrogen-bond acceptors (Lipinski definition) is 7. The van der Waals surface area contributed by atoms with E-state index in [1.165, 1.54) is 5.56 Å². The third-order valence-corrected chi connectivity index (χ3v) is 9.08. The van der Waals surface area contributed by atoms with Crippen molar-refractivity contribution in [2.24, 2.45) is 0 Å². The lowest BCUT2D eigenvalue weighted by Gasteiger charge is -2.23. The second-order valence-electron chi connectivity index (χ2n) is 9.56. The molecular weight excluding hydrogens is 556 g/mol. The quantitative estimate of drug-likeness (QED) is 0.170. The molecule has 0 bridgehead atoms. The highest BCUT2D eigenvalue weighted by molar-refractivity contribution is 8.16. The maximum Gasteiger partial charge on any atom is 0.304 e. The first kappa shape index (κ1) is 30.2. The Bertz CT molecular complexity index is 1400. The van der Waals surface area contributed by atoms with Crippen LogP contribution >= 0.6 is 23.5 Å². The van der Waals surface area contributed by atoms with Crippen molar-refractivity contribution in [1.82, 2.24) is 4.90 Å².